The lowest BCUT2D eigenvalue weighted by molar-refractivity contribution is -0.131. The molecule has 2 amide bonds. The van der Waals surface area contributed by atoms with Gasteiger partial charge in [-0.3, -0.25) is 9.59 Å². The Labute approximate surface area is 118 Å². The molecule has 0 aliphatic heterocycles. The molecule has 0 unspecified atom stereocenters. The second kappa shape index (κ2) is 7.49. The van der Waals surface area contributed by atoms with Gasteiger partial charge < -0.3 is 21.1 Å². The van der Waals surface area contributed by atoms with Gasteiger partial charge in [-0.2, -0.15) is 0 Å². The average molecular weight is 279 g/mol. The molecule has 20 heavy (non-hydrogen) atoms. The molecule has 1 aromatic rings. The van der Waals surface area contributed by atoms with Gasteiger partial charge in [-0.05, 0) is 24.1 Å². The highest BCUT2D eigenvalue weighted by atomic mass is 16.3. The SMILES string of the molecule is CNC(=O)CCN(C)C(=O)[C@@H](N)Cc1ccc(O)cc1. The van der Waals surface area contributed by atoms with E-state index in [4.69, 9.17) is 5.73 Å². The molecule has 6 heteroatoms. The summed E-state index contributed by atoms with van der Waals surface area (Å²) in [4.78, 5) is 24.6. The van der Waals surface area contributed by atoms with E-state index in [-0.39, 0.29) is 24.0 Å². The number of amides is 2. The van der Waals surface area contributed by atoms with Crippen LogP contribution in [0.3, 0.4) is 0 Å². The summed E-state index contributed by atoms with van der Waals surface area (Å²) < 4.78 is 0. The number of carbonyl (C=O) groups is 2. The lowest BCUT2D eigenvalue weighted by Gasteiger charge is -2.21. The molecular weight excluding hydrogens is 258 g/mol. The zero-order chi connectivity index (χ0) is 15.1. The van der Waals surface area contributed by atoms with Crippen LogP contribution in [0.2, 0.25) is 0 Å². The van der Waals surface area contributed by atoms with Crippen LogP contribution in [-0.2, 0) is 16.0 Å². The zero-order valence-electron chi connectivity index (χ0n) is 11.8. The minimum absolute atomic E-state index is 0.114. The number of aromatic hydroxyl groups is 1. The van der Waals surface area contributed by atoms with Crippen molar-refractivity contribution in [3.63, 3.8) is 0 Å². The molecule has 0 bridgehead atoms. The van der Waals surface area contributed by atoms with Crippen molar-refractivity contribution in [3.8, 4) is 5.75 Å². The van der Waals surface area contributed by atoms with Gasteiger partial charge in [0.1, 0.15) is 5.75 Å². The van der Waals surface area contributed by atoms with Crippen LogP contribution in [0.25, 0.3) is 0 Å². The Bertz CT molecular complexity index is 459. The van der Waals surface area contributed by atoms with Crippen LogP contribution < -0.4 is 11.1 Å². The van der Waals surface area contributed by atoms with Crippen molar-refractivity contribution in [1.82, 2.24) is 10.2 Å². The van der Waals surface area contributed by atoms with E-state index in [9.17, 15) is 14.7 Å². The first-order valence-corrected chi connectivity index (χ1v) is 6.43. The van der Waals surface area contributed by atoms with Crippen molar-refractivity contribution in [1.29, 1.82) is 0 Å². The molecule has 1 aromatic carbocycles. The summed E-state index contributed by atoms with van der Waals surface area (Å²) in [6, 6.07) is 5.91. The Kier molecular flexibility index (Phi) is 5.99. The van der Waals surface area contributed by atoms with Crippen molar-refractivity contribution in [2.75, 3.05) is 20.6 Å². The second-order valence-corrected chi connectivity index (χ2v) is 4.66. The Balaban J connectivity index is 2.49. The molecule has 0 aliphatic carbocycles. The maximum absolute atomic E-state index is 12.0. The summed E-state index contributed by atoms with van der Waals surface area (Å²) in [5, 5.41) is 11.7. The number of nitrogens with two attached hydrogens (primary N) is 1. The fraction of sp³-hybridized carbons (Fsp3) is 0.429. The van der Waals surface area contributed by atoms with Crippen molar-refractivity contribution in [3.05, 3.63) is 29.8 Å². The van der Waals surface area contributed by atoms with Gasteiger partial charge >= 0.3 is 0 Å². The van der Waals surface area contributed by atoms with E-state index in [2.05, 4.69) is 5.32 Å². The molecule has 0 saturated carbocycles. The molecule has 1 rings (SSSR count). The van der Waals surface area contributed by atoms with Crippen LogP contribution in [0.1, 0.15) is 12.0 Å². The molecule has 0 heterocycles. The molecule has 0 aliphatic rings. The Morgan fingerprint density at radius 1 is 1.35 bits per heavy atom. The normalized spacial score (nSPS) is 11.8. The fourth-order valence-corrected chi connectivity index (χ4v) is 1.76. The average Bonchev–Trinajstić information content (AvgIpc) is 2.45. The number of benzene rings is 1. The van der Waals surface area contributed by atoms with Crippen molar-refractivity contribution in [2.24, 2.45) is 5.73 Å². The maximum Gasteiger partial charge on any atom is 0.239 e. The first kappa shape index (κ1) is 16.0. The molecule has 1 atom stereocenters. The van der Waals surface area contributed by atoms with Crippen LogP contribution in [0, 0.1) is 0 Å². The van der Waals surface area contributed by atoms with Crippen LogP contribution in [0.4, 0.5) is 0 Å². The van der Waals surface area contributed by atoms with E-state index in [1.165, 1.54) is 4.90 Å². The van der Waals surface area contributed by atoms with Crippen LogP contribution >= 0.6 is 0 Å². The number of carbonyl (C=O) groups excluding carboxylic acids is 2. The standard InChI is InChI=1S/C14H21N3O3/c1-16-13(19)7-8-17(2)14(20)12(15)9-10-3-5-11(18)6-4-10/h3-6,12,18H,7-9,15H2,1-2H3,(H,16,19)/t12-/m0/s1. The highest BCUT2D eigenvalue weighted by Gasteiger charge is 2.18. The molecular formula is C14H21N3O3. The van der Waals surface area contributed by atoms with Gasteiger partial charge in [0.25, 0.3) is 0 Å². The third-order valence-electron chi connectivity index (χ3n) is 3.04. The largest absolute Gasteiger partial charge is 0.508 e. The first-order chi connectivity index (χ1) is 9.43. The van der Waals surface area contributed by atoms with Crippen molar-refractivity contribution >= 4 is 11.8 Å². The van der Waals surface area contributed by atoms with Crippen molar-refractivity contribution < 1.29 is 14.7 Å². The Morgan fingerprint density at radius 2 is 1.95 bits per heavy atom. The summed E-state index contributed by atoms with van der Waals surface area (Å²) in [6.45, 7) is 0.335. The molecule has 4 N–H and O–H groups in total. The minimum Gasteiger partial charge on any atom is -0.508 e. The van der Waals surface area contributed by atoms with Gasteiger partial charge in [0.05, 0.1) is 6.04 Å². The number of nitrogens with one attached hydrogen (secondary N) is 1. The second-order valence-electron chi connectivity index (χ2n) is 4.66. The summed E-state index contributed by atoms with van der Waals surface area (Å²) in [7, 11) is 3.18. The predicted octanol–water partition coefficient (Wildman–Crippen LogP) is -0.143. The highest BCUT2D eigenvalue weighted by molar-refractivity contribution is 5.82. The summed E-state index contributed by atoms with van der Waals surface area (Å²) in [5.74, 6) is -0.143. The zero-order valence-corrected chi connectivity index (χ0v) is 11.8. The Morgan fingerprint density at radius 3 is 2.50 bits per heavy atom. The molecule has 0 saturated heterocycles. The molecule has 6 nitrogen and oxygen atoms in total. The van der Waals surface area contributed by atoms with E-state index in [1.807, 2.05) is 0 Å². The fourth-order valence-electron chi connectivity index (χ4n) is 1.76. The molecule has 0 spiro atoms. The van der Waals surface area contributed by atoms with Gasteiger partial charge in [0.2, 0.25) is 11.8 Å². The number of hydrogen-bond acceptors (Lipinski definition) is 4. The molecule has 0 radical (unpaired) electrons. The summed E-state index contributed by atoms with van der Waals surface area (Å²) in [5.41, 5.74) is 6.75. The van der Waals surface area contributed by atoms with E-state index in [0.717, 1.165) is 5.56 Å². The van der Waals surface area contributed by atoms with Crippen LogP contribution in [-0.4, -0.2) is 48.5 Å². The van der Waals surface area contributed by atoms with E-state index >= 15 is 0 Å². The van der Waals surface area contributed by atoms with Crippen molar-refractivity contribution in [2.45, 2.75) is 18.9 Å². The number of phenols is 1. The number of phenolic OH excluding ortho intramolecular Hbond substituents is 1. The molecule has 0 aromatic heterocycles. The van der Waals surface area contributed by atoms with Crippen LogP contribution in [0.15, 0.2) is 24.3 Å². The monoisotopic (exact) mass is 279 g/mol. The first-order valence-electron chi connectivity index (χ1n) is 6.43. The van der Waals surface area contributed by atoms with Gasteiger partial charge in [-0.25, -0.2) is 0 Å². The quantitative estimate of drug-likeness (QED) is 0.675. The number of hydrogen-bond donors (Lipinski definition) is 3. The predicted molar refractivity (Wildman–Crippen MR) is 76.1 cm³/mol. The molecule has 0 fully saturated rings. The van der Waals surface area contributed by atoms with Gasteiger partial charge in [0.15, 0.2) is 0 Å². The molecule has 110 valence electrons. The number of rotatable bonds is 6. The van der Waals surface area contributed by atoms with Gasteiger partial charge in [-0.15, -0.1) is 0 Å². The maximum atomic E-state index is 12.0. The van der Waals surface area contributed by atoms with Crippen LogP contribution in [0.5, 0.6) is 5.75 Å². The third-order valence-corrected chi connectivity index (χ3v) is 3.04. The van der Waals surface area contributed by atoms with E-state index in [1.54, 1.807) is 38.4 Å². The summed E-state index contributed by atoms with van der Waals surface area (Å²) >= 11 is 0. The highest BCUT2D eigenvalue weighted by Crippen LogP contribution is 2.11. The van der Waals surface area contributed by atoms with E-state index in [0.29, 0.717) is 13.0 Å². The van der Waals surface area contributed by atoms with Gasteiger partial charge in [-0.1, -0.05) is 12.1 Å². The Hall–Kier alpha value is -2.08. The lowest BCUT2D eigenvalue weighted by Crippen LogP contribution is -2.44. The smallest absolute Gasteiger partial charge is 0.239 e. The van der Waals surface area contributed by atoms with E-state index < -0.39 is 6.04 Å². The lowest BCUT2D eigenvalue weighted by atomic mass is 10.1. The van der Waals surface area contributed by atoms with Gasteiger partial charge in [0, 0.05) is 27.1 Å². The number of likely N-dealkylation sites (N-methyl/N-ethyl adjacent to an activating group) is 1. The number of nitrogens with zero attached hydrogens (tertiary/aromatic N) is 1. The minimum atomic E-state index is -0.658. The third kappa shape index (κ3) is 4.89. The summed E-state index contributed by atoms with van der Waals surface area (Å²) in [6.07, 6.45) is 0.647. The topological polar surface area (TPSA) is 95.7 Å².